The highest BCUT2D eigenvalue weighted by atomic mass is 16.3. The molecule has 0 unspecified atom stereocenters. The number of aromatic nitrogens is 1. The van der Waals surface area contributed by atoms with Gasteiger partial charge in [-0.2, -0.15) is 0 Å². The minimum atomic E-state index is -0.0477. The second-order valence-corrected chi connectivity index (χ2v) is 4.34. The molecule has 0 saturated carbocycles. The Morgan fingerprint density at radius 3 is 2.44 bits per heavy atom. The van der Waals surface area contributed by atoms with Crippen molar-refractivity contribution in [2.24, 2.45) is 0 Å². The molecule has 0 saturated heterocycles. The molecule has 1 heterocycles. The van der Waals surface area contributed by atoms with E-state index >= 15 is 0 Å². The Kier molecular flexibility index (Phi) is 6.62. The summed E-state index contributed by atoms with van der Waals surface area (Å²) in [5.41, 5.74) is 0.871. The third kappa shape index (κ3) is 5.15. The monoisotopic (exact) mass is 220 g/mol. The van der Waals surface area contributed by atoms with Crippen LogP contribution < -0.4 is 0 Å². The van der Waals surface area contributed by atoms with Crippen LogP contribution in [0.3, 0.4) is 0 Å². The molecule has 0 fully saturated rings. The number of rotatable bonds is 8. The van der Waals surface area contributed by atoms with E-state index in [0.717, 1.165) is 18.4 Å². The molecule has 0 aliphatic rings. The van der Waals surface area contributed by atoms with Gasteiger partial charge in [-0.05, 0) is 18.9 Å². The highest BCUT2D eigenvalue weighted by Gasteiger charge is 2.02. The highest BCUT2D eigenvalue weighted by Crippen LogP contribution is 2.16. The van der Waals surface area contributed by atoms with Crippen molar-refractivity contribution in [2.45, 2.75) is 58.3 Å². The molecule has 1 radical (unpaired) electrons. The van der Waals surface area contributed by atoms with E-state index in [1.165, 1.54) is 38.5 Å². The summed E-state index contributed by atoms with van der Waals surface area (Å²) in [5, 5.41) is 11.3. The molecule has 0 aromatic carbocycles. The van der Waals surface area contributed by atoms with Crippen molar-refractivity contribution >= 4 is 0 Å². The van der Waals surface area contributed by atoms with Crippen LogP contribution >= 0.6 is 0 Å². The fourth-order valence-corrected chi connectivity index (χ4v) is 1.89. The van der Waals surface area contributed by atoms with Crippen molar-refractivity contribution in [1.29, 1.82) is 0 Å². The molecular formula is C14H22NO. The first kappa shape index (κ1) is 13.0. The summed E-state index contributed by atoms with van der Waals surface area (Å²) in [6.45, 7) is 2.23. The van der Waals surface area contributed by atoms with Crippen molar-refractivity contribution in [3.8, 4) is 5.88 Å². The number of unbranched alkanes of at least 4 members (excludes halogenated alkanes) is 6. The molecule has 0 aliphatic carbocycles. The summed E-state index contributed by atoms with van der Waals surface area (Å²) in [6.07, 6.45) is 11.5. The Morgan fingerprint density at radius 1 is 1.06 bits per heavy atom. The number of aryl methyl sites for hydroxylation is 1. The molecule has 1 aromatic heterocycles. The Morgan fingerprint density at radius 2 is 1.75 bits per heavy atom. The average Bonchev–Trinajstić information content (AvgIpc) is 2.30. The van der Waals surface area contributed by atoms with Gasteiger partial charge in [0.05, 0.1) is 0 Å². The number of nitrogens with zero attached hydrogens (tertiary/aromatic N) is 1. The SMILES string of the molecule is CCCCCCCCCc1cccnc1[O]. The third-order valence-corrected chi connectivity index (χ3v) is 2.90. The van der Waals surface area contributed by atoms with Crippen LogP contribution in [0, 0.1) is 0 Å². The van der Waals surface area contributed by atoms with Gasteiger partial charge in [0.2, 0.25) is 0 Å². The molecule has 2 heteroatoms. The van der Waals surface area contributed by atoms with Crippen molar-refractivity contribution in [3.05, 3.63) is 23.9 Å². The standard InChI is InChI=1S/C14H22NO/c1-2-3-4-5-6-7-8-10-13-11-9-12-15-14(13)16/h9,11-12H,2-8,10H2,1H3. The Hall–Kier alpha value is -1.05. The molecule has 0 atom stereocenters. The normalized spacial score (nSPS) is 10.6. The number of hydrogen-bond acceptors (Lipinski definition) is 1. The van der Waals surface area contributed by atoms with E-state index < -0.39 is 0 Å². The topological polar surface area (TPSA) is 32.8 Å². The predicted octanol–water partition coefficient (Wildman–Crippen LogP) is 4.52. The molecule has 1 aromatic rings. The van der Waals surface area contributed by atoms with Gasteiger partial charge in [0, 0.05) is 11.8 Å². The lowest BCUT2D eigenvalue weighted by atomic mass is 10.1. The van der Waals surface area contributed by atoms with Crippen molar-refractivity contribution < 1.29 is 5.11 Å². The Bertz CT molecular complexity index is 286. The van der Waals surface area contributed by atoms with Gasteiger partial charge >= 0.3 is 0 Å². The van der Waals surface area contributed by atoms with E-state index in [9.17, 15) is 5.11 Å². The molecule has 0 spiro atoms. The molecule has 2 nitrogen and oxygen atoms in total. The Balaban J connectivity index is 2.05. The second kappa shape index (κ2) is 8.14. The lowest BCUT2D eigenvalue weighted by Crippen LogP contribution is -1.88. The zero-order valence-corrected chi connectivity index (χ0v) is 10.2. The summed E-state index contributed by atoms with van der Waals surface area (Å²) < 4.78 is 0. The first-order valence-corrected chi connectivity index (χ1v) is 6.45. The van der Waals surface area contributed by atoms with Gasteiger partial charge in [0.15, 0.2) is 0 Å². The maximum absolute atomic E-state index is 11.3. The quantitative estimate of drug-likeness (QED) is 0.593. The first-order valence-electron chi connectivity index (χ1n) is 6.45. The van der Waals surface area contributed by atoms with Gasteiger partial charge in [-0.3, -0.25) is 5.11 Å². The zero-order chi connectivity index (χ0) is 11.6. The van der Waals surface area contributed by atoms with Crippen LogP contribution in [0.5, 0.6) is 5.88 Å². The molecule has 0 aliphatic heterocycles. The number of pyridine rings is 1. The maximum atomic E-state index is 11.3. The van der Waals surface area contributed by atoms with E-state index in [1.807, 2.05) is 12.1 Å². The summed E-state index contributed by atoms with van der Waals surface area (Å²) in [5.74, 6) is -0.0477. The summed E-state index contributed by atoms with van der Waals surface area (Å²) in [6, 6.07) is 3.74. The van der Waals surface area contributed by atoms with Crippen LogP contribution in [0.2, 0.25) is 0 Å². The van der Waals surface area contributed by atoms with Crippen LogP contribution in [0.15, 0.2) is 18.3 Å². The first-order chi connectivity index (χ1) is 7.84. The summed E-state index contributed by atoms with van der Waals surface area (Å²) in [4.78, 5) is 3.76. The van der Waals surface area contributed by atoms with Crippen LogP contribution in [0.4, 0.5) is 0 Å². The van der Waals surface area contributed by atoms with E-state index in [4.69, 9.17) is 0 Å². The molecular weight excluding hydrogens is 198 g/mol. The zero-order valence-electron chi connectivity index (χ0n) is 10.2. The Labute approximate surface area is 98.7 Å². The maximum Gasteiger partial charge on any atom is 0.272 e. The lowest BCUT2D eigenvalue weighted by Gasteiger charge is -2.02. The minimum Gasteiger partial charge on any atom is -0.267 e. The fourth-order valence-electron chi connectivity index (χ4n) is 1.89. The summed E-state index contributed by atoms with van der Waals surface area (Å²) in [7, 11) is 0. The van der Waals surface area contributed by atoms with Gasteiger partial charge in [-0.15, -0.1) is 0 Å². The highest BCUT2D eigenvalue weighted by molar-refractivity contribution is 5.23. The minimum absolute atomic E-state index is 0.0477. The number of hydrogen-bond donors (Lipinski definition) is 0. The molecule has 89 valence electrons. The van der Waals surface area contributed by atoms with Crippen LogP contribution in [0.25, 0.3) is 0 Å². The smallest absolute Gasteiger partial charge is 0.267 e. The van der Waals surface area contributed by atoms with Crippen LogP contribution in [-0.4, -0.2) is 4.98 Å². The summed E-state index contributed by atoms with van der Waals surface area (Å²) >= 11 is 0. The molecule has 0 amide bonds. The fraction of sp³-hybridized carbons (Fsp3) is 0.643. The third-order valence-electron chi connectivity index (χ3n) is 2.90. The van der Waals surface area contributed by atoms with Crippen molar-refractivity contribution in [3.63, 3.8) is 0 Å². The predicted molar refractivity (Wildman–Crippen MR) is 66.1 cm³/mol. The molecule has 0 bridgehead atoms. The van der Waals surface area contributed by atoms with Crippen LogP contribution in [-0.2, 0) is 11.5 Å². The molecule has 0 N–H and O–H groups in total. The molecule has 16 heavy (non-hydrogen) atoms. The lowest BCUT2D eigenvalue weighted by molar-refractivity contribution is 0.331. The van der Waals surface area contributed by atoms with E-state index in [1.54, 1.807) is 6.20 Å². The van der Waals surface area contributed by atoms with Gasteiger partial charge in [-0.25, -0.2) is 4.98 Å². The van der Waals surface area contributed by atoms with E-state index in [2.05, 4.69) is 11.9 Å². The van der Waals surface area contributed by atoms with Crippen LogP contribution in [0.1, 0.15) is 57.4 Å². The van der Waals surface area contributed by atoms with Gasteiger partial charge < -0.3 is 0 Å². The molecule has 1 rings (SSSR count). The largest absolute Gasteiger partial charge is 0.272 e. The van der Waals surface area contributed by atoms with E-state index in [0.29, 0.717) is 0 Å². The van der Waals surface area contributed by atoms with E-state index in [-0.39, 0.29) is 5.88 Å². The van der Waals surface area contributed by atoms with Gasteiger partial charge in [0.1, 0.15) is 0 Å². The van der Waals surface area contributed by atoms with Gasteiger partial charge in [-0.1, -0.05) is 51.5 Å². The second-order valence-electron chi connectivity index (χ2n) is 4.34. The van der Waals surface area contributed by atoms with Crippen molar-refractivity contribution in [2.75, 3.05) is 0 Å². The average molecular weight is 220 g/mol. The van der Waals surface area contributed by atoms with Gasteiger partial charge in [0.25, 0.3) is 5.88 Å². The van der Waals surface area contributed by atoms with Crippen molar-refractivity contribution in [1.82, 2.24) is 4.98 Å².